The molecule has 4 aliphatic rings. The number of ketones is 2. The molecule has 1 amide bonds. The van der Waals surface area contributed by atoms with E-state index in [4.69, 9.17) is 23.7 Å². The molecule has 13 heteroatoms. The molecule has 1 unspecified atom stereocenters. The number of nitrogens with zero attached hydrogens (tertiary/aromatic N) is 1. The van der Waals surface area contributed by atoms with Crippen LogP contribution in [0.2, 0.25) is 0 Å². The van der Waals surface area contributed by atoms with Gasteiger partial charge in [0.2, 0.25) is 5.79 Å². The van der Waals surface area contributed by atoms with Crippen molar-refractivity contribution in [3.05, 3.63) is 23.3 Å². The predicted octanol–water partition coefficient (Wildman–Crippen LogP) is 4.47. The number of methoxy groups -OCH3 is 3. The van der Waals surface area contributed by atoms with Crippen molar-refractivity contribution >= 4 is 23.4 Å². The van der Waals surface area contributed by atoms with Crippen molar-refractivity contribution in [1.29, 1.82) is 0 Å². The molecule has 1 saturated carbocycles. The first-order chi connectivity index (χ1) is 26.5. The normalized spacial score (nSPS) is 41.6. The van der Waals surface area contributed by atoms with Gasteiger partial charge in [-0.05, 0) is 95.5 Å². The van der Waals surface area contributed by atoms with E-state index in [1.807, 2.05) is 32.9 Å². The van der Waals surface area contributed by atoms with Crippen molar-refractivity contribution in [1.82, 2.24) is 4.90 Å². The molecule has 0 aromatic carbocycles. The topological polar surface area (TPSA) is 178 Å². The number of Topliss-reactive ketones (excluding diaryl/α,β-unsaturated/α-hetero) is 2. The summed E-state index contributed by atoms with van der Waals surface area (Å²) in [6.45, 7) is 11.3. The number of hydrogen-bond donors (Lipinski definition) is 3. The molecule has 3 heterocycles. The van der Waals surface area contributed by atoms with Gasteiger partial charge >= 0.3 is 5.97 Å². The lowest BCUT2D eigenvalue weighted by Gasteiger charge is -2.47. The van der Waals surface area contributed by atoms with E-state index in [1.54, 1.807) is 21.0 Å². The molecule has 2 saturated heterocycles. The summed E-state index contributed by atoms with van der Waals surface area (Å²) >= 11 is 0. The molecule has 4 rings (SSSR count). The van der Waals surface area contributed by atoms with Gasteiger partial charge in [0.1, 0.15) is 24.0 Å². The summed E-state index contributed by atoms with van der Waals surface area (Å²) in [5, 5.41) is 34.1. The number of fused-ring (bicyclic) bond motifs is 3. The lowest BCUT2D eigenvalue weighted by Crippen LogP contribution is -2.64. The van der Waals surface area contributed by atoms with Crippen molar-refractivity contribution < 1.29 is 58.2 Å². The highest BCUT2D eigenvalue weighted by Gasteiger charge is 2.56. The zero-order valence-electron chi connectivity index (χ0n) is 35.1. The van der Waals surface area contributed by atoms with Crippen molar-refractivity contribution in [2.24, 2.45) is 29.6 Å². The number of carbonyl (C=O) groups is 4. The number of amides is 1. The fraction of sp³-hybridized carbons (Fsp3) is 0.814. The summed E-state index contributed by atoms with van der Waals surface area (Å²) in [4.78, 5) is 57.6. The van der Waals surface area contributed by atoms with E-state index < -0.39 is 83.9 Å². The van der Waals surface area contributed by atoms with Crippen LogP contribution in [0.1, 0.15) is 112 Å². The summed E-state index contributed by atoms with van der Waals surface area (Å²) in [5.41, 5.74) is 1.66. The van der Waals surface area contributed by atoms with Crippen molar-refractivity contribution in [3.8, 4) is 0 Å². The zero-order valence-corrected chi connectivity index (χ0v) is 35.1. The van der Waals surface area contributed by atoms with Crippen LogP contribution >= 0.6 is 0 Å². The Morgan fingerprint density at radius 2 is 1.57 bits per heavy atom. The Morgan fingerprint density at radius 1 is 0.911 bits per heavy atom. The van der Waals surface area contributed by atoms with E-state index in [1.165, 1.54) is 19.1 Å². The van der Waals surface area contributed by atoms with Crippen molar-refractivity contribution in [3.63, 3.8) is 0 Å². The second kappa shape index (κ2) is 20.4. The summed E-state index contributed by atoms with van der Waals surface area (Å²) in [5.74, 6) is -7.50. The minimum atomic E-state index is -2.50. The monoisotopic (exact) mass is 791 g/mol. The maximum atomic E-state index is 14.3. The van der Waals surface area contributed by atoms with Gasteiger partial charge in [0.15, 0.2) is 0 Å². The Bertz CT molecular complexity index is 1430. The molecule has 3 aliphatic heterocycles. The van der Waals surface area contributed by atoms with Crippen LogP contribution in [0.3, 0.4) is 0 Å². The van der Waals surface area contributed by atoms with Crippen molar-refractivity contribution in [2.45, 2.75) is 167 Å². The van der Waals surface area contributed by atoms with Crippen LogP contribution in [0.4, 0.5) is 0 Å². The SMILES string of the molecule is CC[C@@H]1/C=C(\C)C[C@H](C)C[C@H](OC)[C@H]2O[C@@](O)(C(=O)C(=O)N3CCCC[C@H]3C(=O)O[C@H](/C(C)=C/[C@@H]3CC[C@@H](O)[C@H](OC)C3)[C@H](C)[C@@H](O)CC1=O)[C@H](C)CC2OC. The van der Waals surface area contributed by atoms with Crippen LogP contribution in [0.25, 0.3) is 0 Å². The highest BCUT2D eigenvalue weighted by molar-refractivity contribution is 6.39. The zero-order chi connectivity index (χ0) is 41.5. The minimum absolute atomic E-state index is 0.000914. The third kappa shape index (κ3) is 10.7. The van der Waals surface area contributed by atoms with Gasteiger partial charge in [0.05, 0.1) is 30.5 Å². The minimum Gasteiger partial charge on any atom is -0.456 e. The summed E-state index contributed by atoms with van der Waals surface area (Å²) in [7, 11) is 4.63. The Morgan fingerprint density at radius 3 is 2.21 bits per heavy atom. The second-order valence-corrected chi connectivity index (χ2v) is 17.2. The Labute approximate surface area is 333 Å². The predicted molar refractivity (Wildman–Crippen MR) is 208 cm³/mol. The third-order valence-corrected chi connectivity index (χ3v) is 12.9. The summed E-state index contributed by atoms with van der Waals surface area (Å²) in [6.07, 6.45) is 3.72. The Balaban J connectivity index is 1.76. The molecular weight excluding hydrogens is 722 g/mol. The molecule has 1 aliphatic carbocycles. The maximum absolute atomic E-state index is 14.3. The number of rotatable bonds is 6. The van der Waals surface area contributed by atoms with Gasteiger partial charge in [-0.15, -0.1) is 0 Å². The van der Waals surface area contributed by atoms with E-state index in [2.05, 4.69) is 6.92 Å². The largest absolute Gasteiger partial charge is 0.456 e. The number of ether oxygens (including phenoxy) is 5. The maximum Gasteiger partial charge on any atom is 0.329 e. The molecule has 0 spiro atoms. The molecule has 0 aromatic rings. The molecule has 0 radical (unpaired) electrons. The average Bonchev–Trinajstić information content (AvgIpc) is 3.18. The van der Waals surface area contributed by atoms with Gasteiger partial charge in [-0.25, -0.2) is 4.79 Å². The van der Waals surface area contributed by atoms with Gasteiger partial charge in [-0.2, -0.15) is 0 Å². The molecule has 13 nitrogen and oxygen atoms in total. The van der Waals surface area contributed by atoms with Crippen LogP contribution in [0.5, 0.6) is 0 Å². The number of esters is 1. The number of cyclic esters (lactones) is 1. The fourth-order valence-electron chi connectivity index (χ4n) is 9.39. The lowest BCUT2D eigenvalue weighted by atomic mass is 9.81. The van der Waals surface area contributed by atoms with Crippen molar-refractivity contribution in [2.75, 3.05) is 27.9 Å². The third-order valence-electron chi connectivity index (χ3n) is 12.9. The van der Waals surface area contributed by atoms with E-state index >= 15 is 0 Å². The molecule has 0 aromatic heterocycles. The van der Waals surface area contributed by atoms with Gasteiger partial charge in [0.25, 0.3) is 11.7 Å². The van der Waals surface area contributed by atoms with Gasteiger partial charge in [-0.1, -0.05) is 45.4 Å². The van der Waals surface area contributed by atoms with Gasteiger partial charge < -0.3 is 43.9 Å². The first-order valence-electron chi connectivity index (χ1n) is 20.8. The second-order valence-electron chi connectivity index (χ2n) is 17.2. The number of hydrogen-bond acceptors (Lipinski definition) is 12. The summed E-state index contributed by atoms with van der Waals surface area (Å²) < 4.78 is 29.7. The van der Waals surface area contributed by atoms with E-state index in [-0.39, 0.29) is 49.5 Å². The number of carbonyl (C=O) groups excluding carboxylic acids is 4. The van der Waals surface area contributed by atoms with Crippen LogP contribution in [0.15, 0.2) is 23.3 Å². The average molecular weight is 792 g/mol. The number of allylic oxidation sites excluding steroid dienone is 3. The molecule has 3 N–H and O–H groups in total. The van der Waals surface area contributed by atoms with Crippen LogP contribution in [0, 0.1) is 29.6 Å². The van der Waals surface area contributed by atoms with Gasteiger partial charge in [0, 0.05) is 52.0 Å². The molecule has 318 valence electrons. The fourth-order valence-corrected chi connectivity index (χ4v) is 9.39. The van der Waals surface area contributed by atoms with Gasteiger partial charge in [-0.3, -0.25) is 14.4 Å². The van der Waals surface area contributed by atoms with E-state index in [0.717, 1.165) is 5.57 Å². The number of piperidine rings is 1. The van der Waals surface area contributed by atoms with Crippen LogP contribution in [-0.4, -0.2) is 126 Å². The van der Waals surface area contributed by atoms with E-state index in [0.29, 0.717) is 56.9 Å². The molecule has 3 fully saturated rings. The molecule has 2 bridgehead atoms. The number of aliphatic hydroxyl groups is 3. The Kier molecular flexibility index (Phi) is 16.9. The lowest BCUT2D eigenvalue weighted by molar-refractivity contribution is -0.302. The van der Waals surface area contributed by atoms with E-state index in [9.17, 15) is 34.5 Å². The van der Waals surface area contributed by atoms with Crippen LogP contribution < -0.4 is 0 Å². The standard InChI is InChI=1S/C43H69NO12/c1-10-30-18-24(2)17-25(3)19-36(53-8)39-37(54-9)21-27(5)43(51,56-39)40(48)41(49)44-16-12-11-13-31(44)42(50)55-38(28(6)33(46)23-34(30)47)26(4)20-29-14-15-32(45)35(22-29)52-7/h18,20,25,27-33,35-39,45-46,51H,10-17,19,21-23H2,1-9H3/b24-18+,26-20+/t25-,27+,28+,29-,30+,31-,32+,33-,35+,36-,37?,38+,39+,43+/m0/s1. The molecular formula is C43H69NO12. The number of aliphatic hydroxyl groups excluding tert-OH is 2. The summed E-state index contributed by atoms with van der Waals surface area (Å²) in [6, 6.07) is -1.13. The smallest absolute Gasteiger partial charge is 0.329 e. The van der Waals surface area contributed by atoms with Crippen LogP contribution in [-0.2, 0) is 42.9 Å². The highest BCUT2D eigenvalue weighted by atomic mass is 16.7. The quantitative estimate of drug-likeness (QED) is 0.196. The Hall–Kier alpha value is -2.52. The molecule has 56 heavy (non-hydrogen) atoms. The first-order valence-corrected chi connectivity index (χ1v) is 20.8. The first kappa shape index (κ1) is 46.2. The molecule has 14 atom stereocenters. The highest BCUT2D eigenvalue weighted by Crippen LogP contribution is 2.39.